The SMILES string of the molecule is CC=C(C(=O)OC)c1c(C)ncnc1Oc1cccc(OCc2ccccc2C)c1. The molecule has 3 rings (SSSR count). The second kappa shape index (κ2) is 9.69. The molecular weight excluding hydrogens is 380 g/mol. The second-order valence-corrected chi connectivity index (χ2v) is 6.63. The first-order valence-electron chi connectivity index (χ1n) is 9.55. The van der Waals surface area contributed by atoms with Crippen molar-refractivity contribution in [3.63, 3.8) is 0 Å². The smallest absolute Gasteiger partial charge is 0.338 e. The molecule has 0 aliphatic heterocycles. The summed E-state index contributed by atoms with van der Waals surface area (Å²) in [5.41, 5.74) is 3.75. The Morgan fingerprint density at radius 1 is 1.03 bits per heavy atom. The summed E-state index contributed by atoms with van der Waals surface area (Å²) in [5, 5.41) is 0. The molecule has 0 bridgehead atoms. The zero-order valence-electron chi connectivity index (χ0n) is 17.5. The van der Waals surface area contributed by atoms with E-state index >= 15 is 0 Å². The molecule has 0 aliphatic rings. The Bertz CT molecular complexity index is 1080. The Morgan fingerprint density at radius 3 is 2.53 bits per heavy atom. The number of nitrogens with zero attached hydrogens (tertiary/aromatic N) is 2. The van der Waals surface area contributed by atoms with Gasteiger partial charge >= 0.3 is 5.97 Å². The molecule has 0 aliphatic carbocycles. The molecule has 0 unspecified atom stereocenters. The molecular formula is C24H24N2O4. The van der Waals surface area contributed by atoms with Crippen LogP contribution < -0.4 is 9.47 Å². The molecule has 1 aromatic heterocycles. The lowest BCUT2D eigenvalue weighted by Crippen LogP contribution is -2.08. The Kier molecular flexibility index (Phi) is 6.80. The number of ether oxygens (including phenoxy) is 3. The van der Waals surface area contributed by atoms with E-state index in [9.17, 15) is 4.79 Å². The number of hydrogen-bond donors (Lipinski definition) is 0. The summed E-state index contributed by atoms with van der Waals surface area (Å²) in [7, 11) is 1.33. The van der Waals surface area contributed by atoms with Gasteiger partial charge in [-0.05, 0) is 44.0 Å². The highest BCUT2D eigenvalue weighted by Gasteiger charge is 2.21. The third-order valence-corrected chi connectivity index (χ3v) is 4.64. The fraction of sp³-hybridized carbons (Fsp3) is 0.208. The zero-order chi connectivity index (χ0) is 21.5. The highest BCUT2D eigenvalue weighted by molar-refractivity contribution is 6.17. The third kappa shape index (κ3) is 4.84. The molecule has 3 aromatic rings. The maximum absolute atomic E-state index is 12.2. The Hall–Kier alpha value is -3.67. The summed E-state index contributed by atoms with van der Waals surface area (Å²) in [6.45, 7) is 6.05. The van der Waals surface area contributed by atoms with Crippen LogP contribution in [0.4, 0.5) is 0 Å². The van der Waals surface area contributed by atoms with Gasteiger partial charge < -0.3 is 14.2 Å². The van der Waals surface area contributed by atoms with E-state index in [2.05, 4.69) is 23.0 Å². The van der Waals surface area contributed by atoms with Crippen molar-refractivity contribution < 1.29 is 19.0 Å². The highest BCUT2D eigenvalue weighted by Crippen LogP contribution is 2.32. The maximum Gasteiger partial charge on any atom is 0.338 e. The summed E-state index contributed by atoms with van der Waals surface area (Å²) < 4.78 is 16.8. The lowest BCUT2D eigenvalue weighted by Gasteiger charge is -2.14. The maximum atomic E-state index is 12.2. The number of aryl methyl sites for hydroxylation is 2. The third-order valence-electron chi connectivity index (χ3n) is 4.64. The van der Waals surface area contributed by atoms with Gasteiger partial charge in [-0.15, -0.1) is 0 Å². The van der Waals surface area contributed by atoms with Gasteiger partial charge in [-0.2, -0.15) is 0 Å². The predicted octanol–water partition coefficient (Wildman–Crippen LogP) is 5.04. The number of aromatic nitrogens is 2. The van der Waals surface area contributed by atoms with Crippen molar-refractivity contribution >= 4 is 11.5 Å². The standard InChI is InChI=1S/C24H24N2O4/c1-5-21(24(27)28-4)22-17(3)25-15-26-23(22)30-20-12-8-11-19(13-20)29-14-18-10-7-6-9-16(18)2/h5-13,15H,14H2,1-4H3. The topological polar surface area (TPSA) is 70.5 Å². The van der Waals surface area contributed by atoms with Crippen molar-refractivity contribution in [2.75, 3.05) is 7.11 Å². The van der Waals surface area contributed by atoms with Gasteiger partial charge in [0.25, 0.3) is 0 Å². The second-order valence-electron chi connectivity index (χ2n) is 6.63. The van der Waals surface area contributed by atoms with Crippen molar-refractivity contribution in [3.8, 4) is 17.4 Å². The van der Waals surface area contributed by atoms with Crippen molar-refractivity contribution in [1.82, 2.24) is 9.97 Å². The number of carbonyl (C=O) groups is 1. The molecule has 0 saturated carbocycles. The van der Waals surface area contributed by atoms with Gasteiger partial charge in [-0.1, -0.05) is 36.4 Å². The van der Waals surface area contributed by atoms with Crippen LogP contribution in [-0.4, -0.2) is 23.0 Å². The van der Waals surface area contributed by atoms with Crippen molar-refractivity contribution in [2.24, 2.45) is 0 Å². The number of esters is 1. The number of carbonyl (C=O) groups excluding carboxylic acids is 1. The lowest BCUT2D eigenvalue weighted by atomic mass is 10.1. The first-order chi connectivity index (χ1) is 14.5. The van der Waals surface area contributed by atoms with Crippen LogP contribution >= 0.6 is 0 Å². The molecule has 0 fully saturated rings. The van der Waals surface area contributed by atoms with Crippen LogP contribution in [0.5, 0.6) is 17.4 Å². The minimum atomic E-state index is -0.476. The van der Waals surface area contributed by atoms with E-state index in [1.807, 2.05) is 30.3 Å². The van der Waals surface area contributed by atoms with E-state index in [0.29, 0.717) is 34.9 Å². The highest BCUT2D eigenvalue weighted by atomic mass is 16.5. The average molecular weight is 404 g/mol. The van der Waals surface area contributed by atoms with E-state index in [1.54, 1.807) is 32.1 Å². The van der Waals surface area contributed by atoms with E-state index in [1.165, 1.54) is 19.0 Å². The molecule has 6 heteroatoms. The average Bonchev–Trinajstić information content (AvgIpc) is 2.75. The molecule has 0 amide bonds. The lowest BCUT2D eigenvalue weighted by molar-refractivity contribution is -0.133. The zero-order valence-corrected chi connectivity index (χ0v) is 17.5. The summed E-state index contributed by atoms with van der Waals surface area (Å²) in [4.78, 5) is 20.6. The van der Waals surface area contributed by atoms with Crippen LogP contribution in [-0.2, 0) is 16.1 Å². The van der Waals surface area contributed by atoms with Crippen LogP contribution in [0.2, 0.25) is 0 Å². The predicted molar refractivity (Wildman–Crippen MR) is 114 cm³/mol. The fourth-order valence-corrected chi connectivity index (χ4v) is 2.99. The van der Waals surface area contributed by atoms with Gasteiger partial charge in [0.1, 0.15) is 24.4 Å². The van der Waals surface area contributed by atoms with Gasteiger partial charge in [0.15, 0.2) is 0 Å². The quantitative estimate of drug-likeness (QED) is 0.406. The molecule has 0 N–H and O–H groups in total. The van der Waals surface area contributed by atoms with Gasteiger partial charge in [-0.25, -0.2) is 14.8 Å². The number of rotatable bonds is 7. The van der Waals surface area contributed by atoms with Crippen LogP contribution in [0.25, 0.3) is 5.57 Å². The van der Waals surface area contributed by atoms with Crippen LogP contribution in [0, 0.1) is 13.8 Å². The summed E-state index contributed by atoms with van der Waals surface area (Å²) >= 11 is 0. The minimum Gasteiger partial charge on any atom is -0.489 e. The van der Waals surface area contributed by atoms with Gasteiger partial charge in [0.2, 0.25) is 5.88 Å². The molecule has 6 nitrogen and oxygen atoms in total. The molecule has 2 aromatic carbocycles. The van der Waals surface area contributed by atoms with Crippen molar-refractivity contribution in [2.45, 2.75) is 27.4 Å². The first kappa shape index (κ1) is 21.0. The largest absolute Gasteiger partial charge is 0.489 e. The molecule has 154 valence electrons. The molecule has 30 heavy (non-hydrogen) atoms. The van der Waals surface area contributed by atoms with Crippen molar-refractivity contribution in [1.29, 1.82) is 0 Å². The molecule has 0 saturated heterocycles. The minimum absolute atomic E-state index is 0.275. The monoisotopic (exact) mass is 404 g/mol. The van der Waals surface area contributed by atoms with Gasteiger partial charge in [0.05, 0.1) is 23.9 Å². The number of hydrogen-bond acceptors (Lipinski definition) is 6. The van der Waals surface area contributed by atoms with E-state index in [4.69, 9.17) is 14.2 Å². The Balaban J connectivity index is 1.84. The van der Waals surface area contributed by atoms with E-state index < -0.39 is 5.97 Å². The van der Waals surface area contributed by atoms with Crippen LogP contribution in [0.3, 0.4) is 0 Å². The Labute approximate surface area is 176 Å². The summed E-state index contributed by atoms with van der Waals surface area (Å²) in [5.74, 6) is 1.01. The molecule has 1 heterocycles. The molecule has 0 radical (unpaired) electrons. The van der Waals surface area contributed by atoms with Crippen LogP contribution in [0.15, 0.2) is 60.9 Å². The molecule has 0 atom stereocenters. The number of methoxy groups -OCH3 is 1. The summed E-state index contributed by atoms with van der Waals surface area (Å²) in [6.07, 6.45) is 3.06. The first-order valence-corrected chi connectivity index (χ1v) is 9.55. The normalized spacial score (nSPS) is 11.1. The van der Waals surface area contributed by atoms with Crippen LogP contribution in [0.1, 0.15) is 29.3 Å². The number of benzene rings is 2. The molecule has 0 spiro atoms. The Morgan fingerprint density at radius 2 is 1.80 bits per heavy atom. The van der Waals surface area contributed by atoms with E-state index in [0.717, 1.165) is 5.56 Å². The fourth-order valence-electron chi connectivity index (χ4n) is 2.99. The summed E-state index contributed by atoms with van der Waals surface area (Å²) in [6, 6.07) is 15.4. The van der Waals surface area contributed by atoms with E-state index in [-0.39, 0.29) is 5.88 Å². The van der Waals surface area contributed by atoms with Crippen molar-refractivity contribution in [3.05, 3.63) is 83.3 Å². The van der Waals surface area contributed by atoms with Gasteiger partial charge in [-0.3, -0.25) is 0 Å². The van der Waals surface area contributed by atoms with Gasteiger partial charge in [0, 0.05) is 6.07 Å². The number of allylic oxidation sites excluding steroid dienone is 1.